The van der Waals surface area contributed by atoms with Crippen LogP contribution in [-0.4, -0.2) is 10.2 Å². The maximum atomic E-state index is 3.62. The summed E-state index contributed by atoms with van der Waals surface area (Å²) in [5.41, 5.74) is 0. The molecule has 0 saturated carbocycles. The van der Waals surface area contributed by atoms with Gasteiger partial charge in [-0.3, -0.25) is 0 Å². The van der Waals surface area contributed by atoms with Gasteiger partial charge >= 0.3 is 0 Å². The lowest BCUT2D eigenvalue weighted by Crippen LogP contribution is -1.70. The van der Waals surface area contributed by atoms with Crippen LogP contribution in [0.5, 0.6) is 0 Å². The zero-order valence-electron chi connectivity index (χ0n) is 4.61. The van der Waals surface area contributed by atoms with E-state index in [0.717, 1.165) is 12.5 Å². The predicted octanol–water partition coefficient (Wildman–Crippen LogP) is 1.93. The minimum atomic E-state index is 1.12. The summed E-state index contributed by atoms with van der Waals surface area (Å²) in [5, 5.41) is 0. The highest BCUT2D eigenvalue weighted by molar-refractivity contribution is 6.08. The first-order chi connectivity index (χ1) is 3.41. The topological polar surface area (TPSA) is 0 Å². The van der Waals surface area contributed by atoms with Crippen molar-refractivity contribution >= 4 is 10.2 Å². The summed E-state index contributed by atoms with van der Waals surface area (Å²) >= 11 is 0. The average molecular weight is 111 g/mol. The molecule has 39 valence electrons. The molecule has 0 aliphatic rings. The molecule has 0 bridgehead atoms. The second-order valence-corrected chi connectivity index (χ2v) is 2.03. The number of unbranched alkanes of at least 4 members (excludes halogenated alkanes) is 2. The van der Waals surface area contributed by atoms with Crippen molar-refractivity contribution in [3.63, 3.8) is 0 Å². The maximum absolute atomic E-state index is 3.62. The van der Waals surface area contributed by atoms with Crippen LogP contribution >= 0.6 is 0 Å². The van der Waals surface area contributed by atoms with Crippen molar-refractivity contribution in [2.24, 2.45) is 0 Å². The fourth-order valence-electron chi connectivity index (χ4n) is 0.414. The zero-order chi connectivity index (χ0) is 5.54. The van der Waals surface area contributed by atoms with Gasteiger partial charge in [-0.15, -0.1) is 6.58 Å². The molecular formula is C6H11Si. The van der Waals surface area contributed by atoms with Crippen LogP contribution in [0.25, 0.3) is 0 Å². The molecule has 0 N–H and O–H groups in total. The van der Waals surface area contributed by atoms with E-state index >= 15 is 0 Å². The van der Waals surface area contributed by atoms with Crippen LogP contribution in [0.1, 0.15) is 19.3 Å². The molecule has 0 spiro atoms. The van der Waals surface area contributed by atoms with Crippen molar-refractivity contribution in [2.75, 3.05) is 0 Å². The van der Waals surface area contributed by atoms with Crippen LogP contribution in [0.4, 0.5) is 0 Å². The number of allylic oxidation sites excluding steroid dienone is 1. The maximum Gasteiger partial charge on any atom is 0.0222 e. The molecule has 0 rings (SSSR count). The Morgan fingerprint density at radius 3 is 2.57 bits per heavy atom. The van der Waals surface area contributed by atoms with Crippen molar-refractivity contribution < 1.29 is 0 Å². The van der Waals surface area contributed by atoms with Gasteiger partial charge in [-0.2, -0.15) is 0 Å². The summed E-state index contributed by atoms with van der Waals surface area (Å²) in [4.78, 5) is 0. The summed E-state index contributed by atoms with van der Waals surface area (Å²) in [7, 11) is 3.39. The third kappa shape index (κ3) is 5.96. The Bertz CT molecular complexity index is 41.4. The molecule has 0 amide bonds. The molecule has 0 heterocycles. The highest BCUT2D eigenvalue weighted by Crippen LogP contribution is 1.96. The number of hydrogen-bond acceptors (Lipinski definition) is 0. The Morgan fingerprint density at radius 1 is 1.43 bits per heavy atom. The molecule has 0 aliphatic carbocycles. The van der Waals surface area contributed by atoms with E-state index in [2.05, 4.69) is 16.8 Å². The fourth-order valence-corrected chi connectivity index (χ4v) is 0.664. The molecule has 7 heavy (non-hydrogen) atoms. The van der Waals surface area contributed by atoms with E-state index < -0.39 is 0 Å². The second kappa shape index (κ2) is 5.96. The van der Waals surface area contributed by atoms with Crippen molar-refractivity contribution in [2.45, 2.75) is 25.3 Å². The van der Waals surface area contributed by atoms with E-state index in [1.54, 1.807) is 0 Å². The normalized spacial score (nSPS) is 8.71. The molecule has 0 nitrogen and oxygen atoms in total. The predicted molar refractivity (Wildman–Crippen MR) is 34.6 cm³/mol. The standard InChI is InChI=1S/C6H11Si/c1-2-3-4-5-6-7/h2H,1,3-6H2. The molecule has 0 unspecified atom stereocenters. The van der Waals surface area contributed by atoms with Gasteiger partial charge in [0.2, 0.25) is 0 Å². The molecule has 0 aromatic carbocycles. The van der Waals surface area contributed by atoms with Crippen molar-refractivity contribution in [1.82, 2.24) is 0 Å². The molecule has 0 aromatic heterocycles. The third-order valence-corrected chi connectivity index (χ3v) is 1.19. The first kappa shape index (κ1) is 6.96. The Kier molecular flexibility index (Phi) is 5.92. The van der Waals surface area contributed by atoms with Gasteiger partial charge in [-0.1, -0.05) is 25.0 Å². The average Bonchev–Trinajstić information content (AvgIpc) is 1.69. The van der Waals surface area contributed by atoms with Crippen LogP contribution in [0.3, 0.4) is 0 Å². The third-order valence-electron chi connectivity index (χ3n) is 0.835. The molecule has 0 fully saturated rings. The minimum Gasteiger partial charge on any atom is -0.103 e. The first-order valence-electron chi connectivity index (χ1n) is 2.67. The summed E-state index contributed by atoms with van der Waals surface area (Å²) in [5.74, 6) is 0. The van der Waals surface area contributed by atoms with Crippen LogP contribution in [0.2, 0.25) is 6.04 Å². The highest BCUT2D eigenvalue weighted by Gasteiger charge is 1.77. The van der Waals surface area contributed by atoms with E-state index in [4.69, 9.17) is 0 Å². The zero-order valence-corrected chi connectivity index (χ0v) is 5.61. The lowest BCUT2D eigenvalue weighted by molar-refractivity contribution is 0.814. The molecule has 1 heteroatoms. The van der Waals surface area contributed by atoms with Crippen LogP contribution in [-0.2, 0) is 0 Å². The summed E-state index contributed by atoms with van der Waals surface area (Å²) in [6.07, 6.45) is 5.66. The molecule has 0 saturated heterocycles. The van der Waals surface area contributed by atoms with Gasteiger partial charge in [0, 0.05) is 10.2 Å². The highest BCUT2D eigenvalue weighted by atomic mass is 28.1. The lowest BCUT2D eigenvalue weighted by atomic mass is 10.2. The van der Waals surface area contributed by atoms with E-state index in [0.29, 0.717) is 0 Å². The van der Waals surface area contributed by atoms with Gasteiger partial charge < -0.3 is 0 Å². The molecule has 0 atom stereocenters. The van der Waals surface area contributed by atoms with Gasteiger partial charge in [0.1, 0.15) is 0 Å². The first-order valence-corrected chi connectivity index (χ1v) is 3.38. The number of rotatable bonds is 4. The quantitative estimate of drug-likeness (QED) is 0.295. The van der Waals surface area contributed by atoms with Crippen LogP contribution in [0, 0.1) is 0 Å². The smallest absolute Gasteiger partial charge is 0.0222 e. The van der Waals surface area contributed by atoms with E-state index in [1.165, 1.54) is 12.8 Å². The molecule has 3 radical (unpaired) electrons. The van der Waals surface area contributed by atoms with Gasteiger partial charge in [-0.05, 0) is 6.42 Å². The van der Waals surface area contributed by atoms with E-state index in [-0.39, 0.29) is 0 Å². The second-order valence-electron chi connectivity index (χ2n) is 1.53. The summed E-state index contributed by atoms with van der Waals surface area (Å²) in [6.45, 7) is 3.62. The van der Waals surface area contributed by atoms with Crippen molar-refractivity contribution in [3.8, 4) is 0 Å². The fraction of sp³-hybridized carbons (Fsp3) is 0.667. The Labute approximate surface area is 49.0 Å². The Hall–Kier alpha value is -0.0431. The van der Waals surface area contributed by atoms with Gasteiger partial charge in [0.15, 0.2) is 0 Å². The van der Waals surface area contributed by atoms with Crippen LogP contribution < -0.4 is 0 Å². The van der Waals surface area contributed by atoms with E-state index in [9.17, 15) is 0 Å². The lowest BCUT2D eigenvalue weighted by Gasteiger charge is -1.87. The minimum absolute atomic E-state index is 1.12. The van der Waals surface area contributed by atoms with Crippen molar-refractivity contribution in [3.05, 3.63) is 12.7 Å². The SMILES string of the molecule is C=CCCCC[Si]. The van der Waals surface area contributed by atoms with E-state index in [1.807, 2.05) is 6.08 Å². The monoisotopic (exact) mass is 111 g/mol. The van der Waals surface area contributed by atoms with Gasteiger partial charge in [0.25, 0.3) is 0 Å². The molecule has 0 aromatic rings. The molecule has 0 aliphatic heterocycles. The van der Waals surface area contributed by atoms with Gasteiger partial charge in [-0.25, -0.2) is 0 Å². The van der Waals surface area contributed by atoms with Gasteiger partial charge in [0.05, 0.1) is 0 Å². The largest absolute Gasteiger partial charge is 0.103 e. The number of hydrogen-bond donors (Lipinski definition) is 0. The van der Waals surface area contributed by atoms with Crippen molar-refractivity contribution in [1.29, 1.82) is 0 Å². The Balaban J connectivity index is 2.56. The van der Waals surface area contributed by atoms with Crippen LogP contribution in [0.15, 0.2) is 12.7 Å². The summed E-state index contributed by atoms with van der Waals surface area (Å²) < 4.78 is 0. The molecular weight excluding hydrogens is 100 g/mol. The summed E-state index contributed by atoms with van der Waals surface area (Å²) in [6, 6.07) is 1.12. The Morgan fingerprint density at radius 2 is 2.14 bits per heavy atom.